The molecule has 144 valence electrons. The molecule has 2 rings (SSSR count). The Morgan fingerprint density at radius 2 is 1.85 bits per heavy atom. The minimum atomic E-state index is -0.448. The summed E-state index contributed by atoms with van der Waals surface area (Å²) in [5, 5.41) is 14.8. The maximum absolute atomic E-state index is 10.7. The van der Waals surface area contributed by atoms with Crippen LogP contribution in [-0.4, -0.2) is 46.3 Å². The van der Waals surface area contributed by atoms with Crippen LogP contribution in [0.2, 0.25) is 0 Å². The van der Waals surface area contributed by atoms with E-state index in [1.165, 1.54) is 25.5 Å². The van der Waals surface area contributed by atoms with Crippen LogP contribution in [-0.2, 0) is 0 Å². The first-order valence-corrected chi connectivity index (χ1v) is 8.65. The Bertz CT molecular complexity index is 775. The number of nitro groups is 1. The monoisotopic (exact) mass is 373 g/mol. The third-order valence-electron chi connectivity index (χ3n) is 3.54. The van der Waals surface area contributed by atoms with Crippen molar-refractivity contribution in [1.29, 1.82) is 0 Å². The number of ether oxygens (including phenoxy) is 1. The molecule has 1 aromatic heterocycles. The molecular weight excluding hydrogens is 350 g/mol. The zero-order valence-electron chi connectivity index (χ0n) is 15.6. The largest absolute Gasteiger partial charge is 0.467 e. The lowest BCUT2D eigenvalue weighted by molar-refractivity contribution is -0.384. The summed E-state index contributed by atoms with van der Waals surface area (Å²) in [7, 11) is 1.49. The van der Waals surface area contributed by atoms with E-state index in [9.17, 15) is 10.1 Å². The van der Waals surface area contributed by atoms with E-state index >= 15 is 0 Å². The highest BCUT2D eigenvalue weighted by molar-refractivity contribution is 5.80. The molecular formula is C17H23N7O3. The number of aromatic nitrogens is 3. The summed E-state index contributed by atoms with van der Waals surface area (Å²) in [6.45, 7) is 5.84. The van der Waals surface area contributed by atoms with Gasteiger partial charge in [-0.05, 0) is 30.5 Å². The van der Waals surface area contributed by atoms with Crippen LogP contribution in [0.4, 0.5) is 17.6 Å². The van der Waals surface area contributed by atoms with Gasteiger partial charge in [0.2, 0.25) is 5.95 Å². The van der Waals surface area contributed by atoms with E-state index in [0.29, 0.717) is 11.5 Å². The third-order valence-corrected chi connectivity index (χ3v) is 3.54. The van der Waals surface area contributed by atoms with Gasteiger partial charge in [0.25, 0.3) is 11.6 Å². The number of hydrogen-bond donors (Lipinski definition) is 1. The van der Waals surface area contributed by atoms with E-state index < -0.39 is 4.92 Å². The van der Waals surface area contributed by atoms with Crippen LogP contribution in [0.3, 0.4) is 0 Å². The number of hydrazone groups is 1. The molecule has 1 aromatic carbocycles. The quantitative estimate of drug-likeness (QED) is 0.384. The molecule has 10 heteroatoms. The highest BCUT2D eigenvalue weighted by Crippen LogP contribution is 2.16. The van der Waals surface area contributed by atoms with Crippen LogP contribution in [0.5, 0.6) is 6.01 Å². The molecule has 0 unspecified atom stereocenters. The Morgan fingerprint density at radius 3 is 2.41 bits per heavy atom. The third kappa shape index (κ3) is 5.87. The Morgan fingerprint density at radius 1 is 1.19 bits per heavy atom. The molecule has 2 aromatic rings. The Hall–Kier alpha value is -3.30. The molecule has 0 saturated carbocycles. The lowest BCUT2D eigenvalue weighted by Crippen LogP contribution is -2.27. The van der Waals surface area contributed by atoms with Gasteiger partial charge >= 0.3 is 6.01 Å². The van der Waals surface area contributed by atoms with Gasteiger partial charge in [-0.15, -0.1) is 0 Å². The van der Waals surface area contributed by atoms with Crippen molar-refractivity contribution >= 4 is 23.8 Å². The smallest absolute Gasteiger partial charge is 0.322 e. The Labute approximate surface area is 157 Å². The summed E-state index contributed by atoms with van der Waals surface area (Å²) < 4.78 is 5.16. The first-order valence-electron chi connectivity index (χ1n) is 8.65. The molecule has 0 fully saturated rings. The van der Waals surface area contributed by atoms with Crippen molar-refractivity contribution in [3.05, 3.63) is 39.9 Å². The van der Waals surface area contributed by atoms with E-state index in [1.807, 2.05) is 0 Å². The molecule has 0 aliphatic rings. The molecule has 10 nitrogen and oxygen atoms in total. The van der Waals surface area contributed by atoms with Gasteiger partial charge in [0.05, 0.1) is 18.2 Å². The van der Waals surface area contributed by atoms with Gasteiger partial charge in [0.1, 0.15) is 0 Å². The van der Waals surface area contributed by atoms with E-state index in [4.69, 9.17) is 4.74 Å². The number of hydrogen-bond acceptors (Lipinski definition) is 9. The lowest BCUT2D eigenvalue weighted by atomic mass is 10.2. The number of nitro benzene ring substituents is 1. The summed E-state index contributed by atoms with van der Waals surface area (Å²) in [4.78, 5) is 25.1. The fourth-order valence-corrected chi connectivity index (χ4v) is 2.33. The Kier molecular flexibility index (Phi) is 7.41. The highest BCUT2D eigenvalue weighted by Gasteiger charge is 2.12. The van der Waals surface area contributed by atoms with Crippen LogP contribution in [0, 0.1) is 10.1 Å². The number of anilines is 2. The average molecular weight is 373 g/mol. The fraction of sp³-hybridized carbons (Fsp3) is 0.412. The molecule has 0 radical (unpaired) electrons. The van der Waals surface area contributed by atoms with Gasteiger partial charge in [-0.25, -0.2) is 5.43 Å². The standard InChI is InChI=1S/C17H23N7O3/c1-4-10-23(11-5-2)16-19-15(20-17(21-16)27-3)22-18-12-13-6-8-14(9-7-13)24(25)26/h6-9,12H,4-5,10-11H2,1-3H3,(H,19,20,21,22)/b18-12+. The van der Waals surface area contributed by atoms with Gasteiger partial charge in [0, 0.05) is 25.2 Å². The maximum Gasteiger partial charge on any atom is 0.322 e. The molecule has 0 saturated heterocycles. The van der Waals surface area contributed by atoms with Crippen molar-refractivity contribution in [1.82, 2.24) is 15.0 Å². The second kappa shape index (κ2) is 10.00. The van der Waals surface area contributed by atoms with Gasteiger partial charge in [-0.2, -0.15) is 20.1 Å². The lowest BCUT2D eigenvalue weighted by Gasteiger charge is -2.21. The normalized spacial score (nSPS) is 10.8. The van der Waals surface area contributed by atoms with Gasteiger partial charge in [0.15, 0.2) is 0 Å². The molecule has 0 aliphatic heterocycles. The van der Waals surface area contributed by atoms with Gasteiger partial charge in [-0.1, -0.05) is 13.8 Å². The van der Waals surface area contributed by atoms with E-state index in [1.54, 1.807) is 12.1 Å². The van der Waals surface area contributed by atoms with E-state index in [2.05, 4.69) is 44.2 Å². The molecule has 0 amide bonds. The van der Waals surface area contributed by atoms with Crippen molar-refractivity contribution in [2.75, 3.05) is 30.5 Å². The van der Waals surface area contributed by atoms with Crippen LogP contribution in [0.25, 0.3) is 0 Å². The van der Waals surface area contributed by atoms with Crippen LogP contribution >= 0.6 is 0 Å². The number of rotatable bonds is 10. The van der Waals surface area contributed by atoms with Crippen LogP contribution in [0.15, 0.2) is 29.4 Å². The topological polar surface area (TPSA) is 119 Å². The molecule has 0 spiro atoms. The van der Waals surface area contributed by atoms with Crippen LogP contribution < -0.4 is 15.1 Å². The summed E-state index contributed by atoms with van der Waals surface area (Å²) in [5.74, 6) is 0.783. The van der Waals surface area contributed by atoms with Gasteiger partial charge in [-0.3, -0.25) is 10.1 Å². The van der Waals surface area contributed by atoms with Crippen molar-refractivity contribution in [3.8, 4) is 6.01 Å². The number of methoxy groups -OCH3 is 1. The van der Waals surface area contributed by atoms with E-state index in [-0.39, 0.29) is 17.6 Å². The average Bonchev–Trinajstić information content (AvgIpc) is 2.68. The SMILES string of the molecule is CCCN(CCC)c1nc(N/N=C/c2ccc([N+](=O)[O-])cc2)nc(OC)n1. The summed E-state index contributed by atoms with van der Waals surface area (Å²) in [5.41, 5.74) is 3.48. The van der Waals surface area contributed by atoms with Crippen molar-refractivity contribution < 1.29 is 9.66 Å². The fourth-order valence-electron chi connectivity index (χ4n) is 2.33. The maximum atomic E-state index is 10.7. The zero-order valence-corrected chi connectivity index (χ0v) is 15.6. The number of nitrogens with zero attached hydrogens (tertiary/aromatic N) is 6. The molecule has 27 heavy (non-hydrogen) atoms. The van der Waals surface area contributed by atoms with Crippen molar-refractivity contribution in [2.24, 2.45) is 5.10 Å². The van der Waals surface area contributed by atoms with Crippen molar-refractivity contribution in [2.45, 2.75) is 26.7 Å². The molecule has 1 N–H and O–H groups in total. The minimum absolute atomic E-state index is 0.0268. The molecule has 0 atom stereocenters. The summed E-state index contributed by atoms with van der Waals surface area (Å²) >= 11 is 0. The molecule has 1 heterocycles. The second-order valence-corrected chi connectivity index (χ2v) is 5.65. The number of nitrogens with one attached hydrogen (secondary N) is 1. The first kappa shape index (κ1) is 20.0. The van der Waals surface area contributed by atoms with Gasteiger partial charge < -0.3 is 9.64 Å². The minimum Gasteiger partial charge on any atom is -0.467 e. The predicted molar refractivity (Wildman–Crippen MR) is 103 cm³/mol. The van der Waals surface area contributed by atoms with Crippen molar-refractivity contribution in [3.63, 3.8) is 0 Å². The second-order valence-electron chi connectivity index (χ2n) is 5.65. The Balaban J connectivity index is 2.14. The molecule has 0 aliphatic carbocycles. The van der Waals surface area contributed by atoms with E-state index in [0.717, 1.165) is 25.9 Å². The first-order chi connectivity index (χ1) is 13.1. The molecule has 0 bridgehead atoms. The highest BCUT2D eigenvalue weighted by atomic mass is 16.6. The summed E-state index contributed by atoms with van der Waals surface area (Å²) in [6, 6.07) is 6.24. The number of benzene rings is 1. The summed E-state index contributed by atoms with van der Waals surface area (Å²) in [6.07, 6.45) is 3.46. The predicted octanol–water partition coefficient (Wildman–Crippen LogP) is 2.86. The number of non-ortho nitro benzene ring substituents is 1. The van der Waals surface area contributed by atoms with Crippen LogP contribution in [0.1, 0.15) is 32.3 Å². The zero-order chi connectivity index (χ0) is 19.6.